The average Bonchev–Trinajstić information content (AvgIpc) is 3.07. The van der Waals surface area contributed by atoms with E-state index in [4.69, 9.17) is 32.0 Å². The van der Waals surface area contributed by atoms with Crippen molar-refractivity contribution in [1.82, 2.24) is 9.55 Å². The van der Waals surface area contributed by atoms with E-state index in [1.54, 1.807) is 28.8 Å². The van der Waals surface area contributed by atoms with Crippen molar-refractivity contribution >= 4 is 45.4 Å². The van der Waals surface area contributed by atoms with Gasteiger partial charge in [-0.05, 0) is 56.2 Å². The second-order valence-electron chi connectivity index (χ2n) is 5.80. The van der Waals surface area contributed by atoms with Crippen molar-refractivity contribution in [2.75, 3.05) is 0 Å². The molecule has 2 aromatic heterocycles. The molecule has 0 aliphatic rings. The predicted molar refractivity (Wildman–Crippen MR) is 102 cm³/mol. The maximum Gasteiger partial charge on any atom is 0.419 e. The Kier molecular flexibility index (Phi) is 4.98. The maximum atomic E-state index is 11.4. The van der Waals surface area contributed by atoms with Crippen LogP contribution >= 0.6 is 23.2 Å². The van der Waals surface area contributed by atoms with Crippen molar-refractivity contribution in [2.45, 2.75) is 27.3 Å². The lowest BCUT2D eigenvalue weighted by atomic mass is 10.2. The van der Waals surface area contributed by atoms with Crippen LogP contribution in [0, 0.1) is 13.8 Å². The molecule has 2 aromatic carbocycles. The highest BCUT2D eigenvalue weighted by atomic mass is 35.5. The van der Waals surface area contributed by atoms with Crippen molar-refractivity contribution < 1.29 is 8.83 Å². The predicted octanol–water partition coefficient (Wildman–Crippen LogP) is 4.66. The van der Waals surface area contributed by atoms with Gasteiger partial charge in [0.05, 0.1) is 11.0 Å². The largest absolute Gasteiger partial charge is 0.419 e. The summed E-state index contributed by atoms with van der Waals surface area (Å²) in [6.07, 6.45) is 0. The van der Waals surface area contributed by atoms with Gasteiger partial charge in [0.25, 0.3) is 0 Å². The third-order valence-corrected chi connectivity index (χ3v) is 4.34. The zero-order chi connectivity index (χ0) is 19.0. The van der Waals surface area contributed by atoms with Crippen LogP contribution in [0.4, 0.5) is 0 Å². The molecule has 26 heavy (non-hydrogen) atoms. The fraction of sp³-hybridized carbons (Fsp3) is 0.222. The summed E-state index contributed by atoms with van der Waals surface area (Å²) in [6.45, 7) is 6.19. The average molecular weight is 395 g/mol. The summed E-state index contributed by atoms with van der Waals surface area (Å²) in [7, 11) is 0. The van der Waals surface area contributed by atoms with Gasteiger partial charge in [0.15, 0.2) is 11.2 Å². The zero-order valence-electron chi connectivity index (χ0n) is 14.4. The Balaban J connectivity index is 0.000000152. The number of oxazole rings is 2. The highest BCUT2D eigenvalue weighted by Gasteiger charge is 2.10. The number of nitrogens with zero attached hydrogens (tertiary/aromatic N) is 1. The molecule has 0 spiro atoms. The number of nitrogens with one attached hydrogen (secondary N) is 1. The van der Waals surface area contributed by atoms with E-state index < -0.39 is 5.76 Å². The summed E-state index contributed by atoms with van der Waals surface area (Å²) in [5.74, 6) is -0.775. The number of aryl methyl sites for hydroxylation is 3. The van der Waals surface area contributed by atoms with E-state index in [0.717, 1.165) is 16.6 Å². The van der Waals surface area contributed by atoms with E-state index in [9.17, 15) is 9.59 Å². The summed E-state index contributed by atoms with van der Waals surface area (Å²) in [4.78, 5) is 24.7. The van der Waals surface area contributed by atoms with Gasteiger partial charge < -0.3 is 8.83 Å². The molecule has 6 nitrogen and oxygen atoms in total. The van der Waals surface area contributed by atoms with Crippen molar-refractivity contribution in [3.63, 3.8) is 0 Å². The van der Waals surface area contributed by atoms with Crippen LogP contribution in [0.2, 0.25) is 10.0 Å². The summed E-state index contributed by atoms with van der Waals surface area (Å²) in [5, 5.41) is 1.22. The minimum atomic E-state index is -0.449. The summed E-state index contributed by atoms with van der Waals surface area (Å²) >= 11 is 11.7. The number of rotatable bonds is 1. The molecule has 0 aliphatic carbocycles. The standard InChI is InChI=1S/C10H10ClNO2.C8H6ClNO2/c1-3-12-8-5-7(11)4-6(2)9(8)14-10(12)13;1-4-2-5(9)3-6-7(4)12-8(11)10-6/h4-5H,3H2,1-2H3;2-3H,1H3,(H,10,11). The highest BCUT2D eigenvalue weighted by Crippen LogP contribution is 2.22. The summed E-state index contributed by atoms with van der Waals surface area (Å²) < 4.78 is 11.6. The number of benzene rings is 2. The number of fused-ring (bicyclic) bond motifs is 2. The molecule has 1 N–H and O–H groups in total. The second-order valence-corrected chi connectivity index (χ2v) is 6.67. The monoisotopic (exact) mass is 394 g/mol. The Morgan fingerprint density at radius 1 is 0.962 bits per heavy atom. The molecule has 2 heterocycles. The summed E-state index contributed by atoms with van der Waals surface area (Å²) in [5.41, 5.74) is 4.35. The van der Waals surface area contributed by atoms with Gasteiger partial charge in [-0.1, -0.05) is 23.2 Å². The zero-order valence-corrected chi connectivity index (χ0v) is 15.9. The van der Waals surface area contributed by atoms with E-state index in [2.05, 4.69) is 4.98 Å². The fourth-order valence-corrected chi connectivity index (χ4v) is 3.31. The normalized spacial score (nSPS) is 11.0. The first-order chi connectivity index (χ1) is 12.3. The van der Waals surface area contributed by atoms with Gasteiger partial charge in [-0.3, -0.25) is 9.55 Å². The number of halogens is 2. The number of aromatic amines is 1. The molecule has 8 heteroatoms. The van der Waals surface area contributed by atoms with Crippen LogP contribution in [0.3, 0.4) is 0 Å². The third kappa shape index (κ3) is 3.43. The molecule has 0 saturated carbocycles. The molecule has 4 rings (SSSR count). The molecular weight excluding hydrogens is 379 g/mol. The van der Waals surface area contributed by atoms with Crippen LogP contribution in [-0.4, -0.2) is 9.55 Å². The Bertz CT molecular complexity index is 1210. The highest BCUT2D eigenvalue weighted by molar-refractivity contribution is 6.31. The van der Waals surface area contributed by atoms with Crippen LogP contribution in [0.15, 0.2) is 42.7 Å². The lowest BCUT2D eigenvalue weighted by Gasteiger charge is -1.98. The van der Waals surface area contributed by atoms with Gasteiger partial charge in [0, 0.05) is 16.6 Å². The molecule has 0 radical (unpaired) electrons. The molecule has 0 unspecified atom stereocenters. The molecule has 0 amide bonds. The van der Waals surface area contributed by atoms with E-state index in [1.807, 2.05) is 20.8 Å². The van der Waals surface area contributed by atoms with Gasteiger partial charge in [-0.25, -0.2) is 9.59 Å². The first kappa shape index (κ1) is 18.4. The third-order valence-electron chi connectivity index (χ3n) is 3.91. The lowest BCUT2D eigenvalue weighted by Crippen LogP contribution is -2.11. The quantitative estimate of drug-likeness (QED) is 0.508. The molecule has 4 aromatic rings. The Morgan fingerprint density at radius 3 is 2.23 bits per heavy atom. The Labute approximate surface area is 157 Å². The van der Waals surface area contributed by atoms with E-state index in [-0.39, 0.29) is 5.76 Å². The van der Waals surface area contributed by atoms with Crippen LogP contribution < -0.4 is 11.5 Å². The number of hydrogen-bond acceptors (Lipinski definition) is 4. The van der Waals surface area contributed by atoms with E-state index >= 15 is 0 Å². The van der Waals surface area contributed by atoms with Crippen molar-refractivity contribution in [1.29, 1.82) is 0 Å². The van der Waals surface area contributed by atoms with Crippen molar-refractivity contribution in [3.05, 3.63) is 66.5 Å². The van der Waals surface area contributed by atoms with Crippen LogP contribution in [0.1, 0.15) is 18.1 Å². The van der Waals surface area contributed by atoms with Crippen molar-refractivity contribution in [2.24, 2.45) is 0 Å². The number of hydrogen-bond donors (Lipinski definition) is 1. The second kappa shape index (κ2) is 7.05. The van der Waals surface area contributed by atoms with Gasteiger partial charge in [-0.15, -0.1) is 0 Å². The van der Waals surface area contributed by atoms with Crippen LogP contribution in [-0.2, 0) is 6.54 Å². The Morgan fingerprint density at radius 2 is 1.58 bits per heavy atom. The first-order valence-electron chi connectivity index (χ1n) is 7.88. The topological polar surface area (TPSA) is 81.1 Å². The van der Waals surface area contributed by atoms with Gasteiger partial charge in [-0.2, -0.15) is 0 Å². The number of H-pyrrole nitrogens is 1. The molecule has 0 bridgehead atoms. The summed E-state index contributed by atoms with van der Waals surface area (Å²) in [6, 6.07) is 6.95. The van der Waals surface area contributed by atoms with Gasteiger partial charge in [0.1, 0.15) is 0 Å². The molecule has 0 fully saturated rings. The SMILES string of the molecule is CCn1c(=O)oc2c(C)cc(Cl)cc21.Cc1cc(Cl)cc2[nH]c(=O)oc12. The molecule has 0 aliphatic heterocycles. The molecule has 0 saturated heterocycles. The molecular formula is C18H16Cl2N2O4. The molecule has 0 atom stereocenters. The van der Waals surface area contributed by atoms with Gasteiger partial charge >= 0.3 is 11.5 Å². The number of aromatic nitrogens is 2. The van der Waals surface area contributed by atoms with E-state index in [1.165, 1.54) is 0 Å². The van der Waals surface area contributed by atoms with Crippen molar-refractivity contribution in [3.8, 4) is 0 Å². The first-order valence-corrected chi connectivity index (χ1v) is 8.64. The molecule has 136 valence electrons. The van der Waals surface area contributed by atoms with Crippen LogP contribution in [0.5, 0.6) is 0 Å². The Hall–Kier alpha value is -2.44. The van der Waals surface area contributed by atoms with Crippen LogP contribution in [0.25, 0.3) is 22.2 Å². The van der Waals surface area contributed by atoms with Gasteiger partial charge in [0.2, 0.25) is 0 Å². The smallest absolute Gasteiger partial charge is 0.408 e. The fourth-order valence-electron chi connectivity index (χ4n) is 2.77. The lowest BCUT2D eigenvalue weighted by molar-refractivity contribution is 0.512. The minimum Gasteiger partial charge on any atom is -0.408 e. The minimum absolute atomic E-state index is 0.326. The van der Waals surface area contributed by atoms with E-state index in [0.29, 0.717) is 33.3 Å². The maximum absolute atomic E-state index is 11.4.